The summed E-state index contributed by atoms with van der Waals surface area (Å²) in [6.45, 7) is 1.35. The molecule has 2 aromatic carbocycles. The van der Waals surface area contributed by atoms with E-state index in [2.05, 4.69) is 5.32 Å². The number of nitrogens with one attached hydrogen (secondary N) is 1. The van der Waals surface area contributed by atoms with Crippen LogP contribution in [0.25, 0.3) is 11.5 Å². The number of carbonyl (C=O) groups excluding carboxylic acids is 1. The number of methoxy groups -OCH3 is 4. The van der Waals surface area contributed by atoms with Gasteiger partial charge >= 0.3 is 0 Å². The van der Waals surface area contributed by atoms with Crippen molar-refractivity contribution in [1.82, 2.24) is 0 Å². The predicted octanol–water partition coefficient (Wildman–Crippen LogP) is 3.16. The van der Waals surface area contributed by atoms with Gasteiger partial charge in [0.15, 0.2) is 11.5 Å². The molecule has 0 radical (unpaired) electrons. The maximum absolute atomic E-state index is 11.5. The lowest BCUT2D eigenvalue weighted by atomic mass is 10.0. The Morgan fingerprint density at radius 3 is 2.10 bits per heavy atom. The second kappa shape index (κ2) is 10.7. The van der Waals surface area contributed by atoms with Crippen LogP contribution in [0.1, 0.15) is 23.6 Å². The number of hydrogen-bond donors (Lipinski definition) is 1. The molecule has 0 aliphatic rings. The Labute approximate surface area is 178 Å². The molecular weight excluding hydrogens is 410 g/mol. The van der Waals surface area contributed by atoms with Crippen molar-refractivity contribution < 1.29 is 32.5 Å². The molecular formula is C21H24NO7S-. The average molecular weight is 434 g/mol. The van der Waals surface area contributed by atoms with E-state index >= 15 is 0 Å². The van der Waals surface area contributed by atoms with Gasteiger partial charge < -0.3 is 28.8 Å². The van der Waals surface area contributed by atoms with E-state index in [0.29, 0.717) is 39.6 Å². The molecule has 0 saturated heterocycles. The SMILES string of the molecule is COC(=C(OC)c1ccccc1OC)c1cc(OC)c(NC(C)=O)cc1CS(=O)[O-]. The molecule has 0 fully saturated rings. The highest BCUT2D eigenvalue weighted by Gasteiger charge is 2.22. The summed E-state index contributed by atoms with van der Waals surface area (Å²) < 4.78 is 45.1. The van der Waals surface area contributed by atoms with Gasteiger partial charge in [0.1, 0.15) is 11.5 Å². The zero-order chi connectivity index (χ0) is 22.3. The lowest BCUT2D eigenvalue weighted by Gasteiger charge is -2.21. The summed E-state index contributed by atoms with van der Waals surface area (Å²) in [5, 5.41) is 2.64. The van der Waals surface area contributed by atoms with E-state index in [4.69, 9.17) is 18.9 Å². The summed E-state index contributed by atoms with van der Waals surface area (Å²) >= 11 is -2.39. The lowest BCUT2D eigenvalue weighted by Crippen LogP contribution is -2.10. The quantitative estimate of drug-likeness (QED) is 0.367. The fourth-order valence-electron chi connectivity index (χ4n) is 3.02. The fourth-order valence-corrected chi connectivity index (χ4v) is 3.51. The molecule has 0 saturated carbocycles. The van der Waals surface area contributed by atoms with Crippen LogP contribution in [0.15, 0.2) is 36.4 Å². The molecule has 162 valence electrons. The molecule has 9 heteroatoms. The minimum absolute atomic E-state index is 0.287. The average Bonchev–Trinajstić information content (AvgIpc) is 2.71. The minimum Gasteiger partial charge on any atom is -0.772 e. The summed E-state index contributed by atoms with van der Waals surface area (Å²) in [5.41, 5.74) is 1.81. The van der Waals surface area contributed by atoms with Crippen LogP contribution < -0.4 is 14.8 Å². The monoisotopic (exact) mass is 434 g/mol. The van der Waals surface area contributed by atoms with Crippen molar-refractivity contribution in [3.05, 3.63) is 53.1 Å². The third kappa shape index (κ3) is 5.31. The van der Waals surface area contributed by atoms with Crippen LogP contribution in [0, 0.1) is 0 Å². The Bertz CT molecular complexity index is 972. The first-order valence-corrected chi connectivity index (χ1v) is 10.1. The number of rotatable bonds is 9. The highest BCUT2D eigenvalue weighted by Crippen LogP contribution is 2.38. The molecule has 1 N–H and O–H groups in total. The Kier molecular flexibility index (Phi) is 8.25. The second-order valence-corrected chi connectivity index (χ2v) is 7.00. The summed E-state index contributed by atoms with van der Waals surface area (Å²) in [6.07, 6.45) is 0. The van der Waals surface area contributed by atoms with Crippen molar-refractivity contribution in [2.45, 2.75) is 12.7 Å². The summed E-state index contributed by atoms with van der Waals surface area (Å²) in [7, 11) is 5.92. The van der Waals surface area contributed by atoms with Gasteiger partial charge in [-0.3, -0.25) is 9.00 Å². The summed E-state index contributed by atoms with van der Waals surface area (Å²) in [6, 6.07) is 10.3. The zero-order valence-corrected chi connectivity index (χ0v) is 18.3. The van der Waals surface area contributed by atoms with Gasteiger partial charge in [-0.05, 0) is 29.8 Å². The van der Waals surface area contributed by atoms with Gasteiger partial charge in [0.05, 0.1) is 39.7 Å². The summed E-state index contributed by atoms with van der Waals surface area (Å²) in [5.74, 6) is 0.911. The van der Waals surface area contributed by atoms with Gasteiger partial charge in [0.2, 0.25) is 5.91 Å². The van der Waals surface area contributed by atoms with Crippen molar-refractivity contribution >= 4 is 34.2 Å². The molecule has 0 heterocycles. The van der Waals surface area contributed by atoms with Gasteiger partial charge in [-0.2, -0.15) is 0 Å². The van der Waals surface area contributed by atoms with Crippen LogP contribution in [0.2, 0.25) is 0 Å². The lowest BCUT2D eigenvalue weighted by molar-refractivity contribution is -0.114. The normalized spacial score (nSPS) is 12.5. The van der Waals surface area contributed by atoms with Crippen molar-refractivity contribution in [1.29, 1.82) is 0 Å². The molecule has 2 aromatic rings. The van der Waals surface area contributed by atoms with Crippen LogP contribution in [-0.2, 0) is 31.1 Å². The number of amides is 1. The number of hydrogen-bond acceptors (Lipinski definition) is 7. The molecule has 8 nitrogen and oxygen atoms in total. The zero-order valence-electron chi connectivity index (χ0n) is 17.4. The summed E-state index contributed by atoms with van der Waals surface area (Å²) in [4.78, 5) is 11.5. The topological polar surface area (TPSA) is 106 Å². The largest absolute Gasteiger partial charge is 0.772 e. The van der Waals surface area contributed by atoms with Crippen LogP contribution in [-0.4, -0.2) is 43.1 Å². The van der Waals surface area contributed by atoms with E-state index < -0.39 is 11.1 Å². The number of para-hydroxylation sites is 1. The molecule has 0 spiro atoms. The van der Waals surface area contributed by atoms with Crippen molar-refractivity contribution in [2.75, 3.05) is 33.8 Å². The van der Waals surface area contributed by atoms with Gasteiger partial charge in [0, 0.05) is 18.2 Å². The van der Waals surface area contributed by atoms with E-state index in [1.165, 1.54) is 35.4 Å². The highest BCUT2D eigenvalue weighted by atomic mass is 32.2. The first kappa shape index (κ1) is 23.2. The van der Waals surface area contributed by atoms with Gasteiger partial charge in [0.25, 0.3) is 0 Å². The Balaban J connectivity index is 2.82. The first-order chi connectivity index (χ1) is 14.4. The number of carbonyl (C=O) groups is 1. The molecule has 0 aliphatic carbocycles. The Morgan fingerprint density at radius 1 is 0.967 bits per heavy atom. The predicted molar refractivity (Wildman–Crippen MR) is 114 cm³/mol. The van der Waals surface area contributed by atoms with E-state index in [1.54, 1.807) is 24.3 Å². The van der Waals surface area contributed by atoms with Gasteiger partial charge in [-0.15, -0.1) is 0 Å². The smallest absolute Gasteiger partial charge is 0.221 e. The molecule has 0 aromatic heterocycles. The molecule has 2 rings (SSSR count). The molecule has 1 atom stereocenters. The number of benzene rings is 2. The van der Waals surface area contributed by atoms with Crippen LogP contribution in [0.5, 0.6) is 11.5 Å². The third-order valence-corrected chi connectivity index (χ3v) is 4.77. The van der Waals surface area contributed by atoms with Crippen molar-refractivity contribution in [2.24, 2.45) is 0 Å². The maximum Gasteiger partial charge on any atom is 0.221 e. The fraction of sp³-hybridized carbons (Fsp3) is 0.286. The van der Waals surface area contributed by atoms with E-state index in [9.17, 15) is 13.6 Å². The maximum atomic E-state index is 11.5. The van der Waals surface area contributed by atoms with Crippen LogP contribution in [0.4, 0.5) is 5.69 Å². The first-order valence-electron chi connectivity index (χ1n) is 8.86. The number of anilines is 1. The van der Waals surface area contributed by atoms with Crippen molar-refractivity contribution in [3.63, 3.8) is 0 Å². The molecule has 1 amide bonds. The van der Waals surface area contributed by atoms with Gasteiger partial charge in [-0.25, -0.2) is 0 Å². The van der Waals surface area contributed by atoms with Crippen molar-refractivity contribution in [3.8, 4) is 11.5 Å². The van der Waals surface area contributed by atoms with E-state index in [1.807, 2.05) is 12.1 Å². The Morgan fingerprint density at radius 2 is 1.57 bits per heavy atom. The standard InChI is InChI=1S/C21H25NO7S/c1-13(23)22-17-10-14(12-30(24)25)16(11-19(17)27-3)21(29-5)20(28-4)15-8-6-7-9-18(15)26-2/h6-11H,12H2,1-5H3,(H,22,23)(H,24,25)/p-1. The number of ether oxygens (including phenoxy) is 4. The molecule has 0 bridgehead atoms. The van der Waals surface area contributed by atoms with E-state index in [-0.39, 0.29) is 17.4 Å². The highest BCUT2D eigenvalue weighted by molar-refractivity contribution is 7.78. The van der Waals surface area contributed by atoms with Crippen LogP contribution >= 0.6 is 0 Å². The minimum atomic E-state index is -2.39. The van der Waals surface area contributed by atoms with Crippen LogP contribution in [0.3, 0.4) is 0 Å². The molecule has 0 aliphatic heterocycles. The van der Waals surface area contributed by atoms with Gasteiger partial charge in [-0.1, -0.05) is 23.2 Å². The third-order valence-electron chi connectivity index (χ3n) is 4.22. The Hall–Kier alpha value is -3.04. The molecule has 1 unspecified atom stereocenters. The van der Waals surface area contributed by atoms with E-state index in [0.717, 1.165) is 0 Å². The second-order valence-electron chi connectivity index (χ2n) is 6.11. The molecule has 30 heavy (non-hydrogen) atoms.